The van der Waals surface area contributed by atoms with E-state index in [2.05, 4.69) is 5.32 Å². The van der Waals surface area contributed by atoms with Crippen LogP contribution >= 0.6 is 0 Å². The van der Waals surface area contributed by atoms with E-state index in [1.807, 2.05) is 31.2 Å². The predicted octanol–water partition coefficient (Wildman–Crippen LogP) is 3.69. The number of hydrogen-bond acceptors (Lipinski definition) is 3. The van der Waals surface area contributed by atoms with Gasteiger partial charge in [0.25, 0.3) is 0 Å². The molecule has 0 radical (unpaired) electrons. The fraction of sp³-hybridized carbons (Fsp3) is 0.294. The standard InChI is InChI=1S/C17H20FNO2/c1-12(13-6-4-8-15(18)10-13)19-11-14-7-5-9-16(20-2)17(14)21-3/h4-10,12,19H,11H2,1-3H3/t12-/m0/s1. The van der Waals surface area contributed by atoms with Gasteiger partial charge in [0.05, 0.1) is 14.2 Å². The van der Waals surface area contributed by atoms with Crippen LogP contribution in [0.5, 0.6) is 11.5 Å². The molecule has 0 aliphatic carbocycles. The number of nitrogens with one attached hydrogen (secondary N) is 1. The third kappa shape index (κ3) is 3.73. The van der Waals surface area contributed by atoms with Crippen molar-refractivity contribution < 1.29 is 13.9 Å². The molecule has 0 heterocycles. The van der Waals surface area contributed by atoms with Crippen LogP contribution in [0.25, 0.3) is 0 Å². The molecule has 2 rings (SSSR count). The zero-order valence-electron chi connectivity index (χ0n) is 12.5. The number of para-hydroxylation sites is 1. The normalized spacial score (nSPS) is 12.0. The molecule has 0 saturated carbocycles. The van der Waals surface area contributed by atoms with Crippen molar-refractivity contribution in [2.75, 3.05) is 14.2 Å². The Labute approximate surface area is 124 Å². The van der Waals surface area contributed by atoms with Crippen LogP contribution in [-0.4, -0.2) is 14.2 Å². The van der Waals surface area contributed by atoms with Crippen molar-refractivity contribution >= 4 is 0 Å². The third-order valence-corrected chi connectivity index (χ3v) is 3.43. The Morgan fingerprint density at radius 1 is 1.10 bits per heavy atom. The Morgan fingerprint density at radius 3 is 2.52 bits per heavy atom. The molecule has 0 aliphatic heterocycles. The second kappa shape index (κ2) is 7.09. The van der Waals surface area contributed by atoms with Crippen molar-refractivity contribution in [1.82, 2.24) is 5.32 Å². The number of halogens is 1. The molecule has 4 heteroatoms. The lowest BCUT2D eigenvalue weighted by Crippen LogP contribution is -2.18. The summed E-state index contributed by atoms with van der Waals surface area (Å²) in [5.74, 6) is 1.20. The van der Waals surface area contributed by atoms with Gasteiger partial charge in [-0.25, -0.2) is 4.39 Å². The van der Waals surface area contributed by atoms with Crippen LogP contribution < -0.4 is 14.8 Å². The van der Waals surface area contributed by atoms with Crippen LogP contribution in [0.3, 0.4) is 0 Å². The summed E-state index contributed by atoms with van der Waals surface area (Å²) >= 11 is 0. The van der Waals surface area contributed by atoms with Gasteiger partial charge in [-0.05, 0) is 30.7 Å². The van der Waals surface area contributed by atoms with Gasteiger partial charge in [-0.15, -0.1) is 0 Å². The topological polar surface area (TPSA) is 30.5 Å². The van der Waals surface area contributed by atoms with Gasteiger partial charge in [-0.2, -0.15) is 0 Å². The van der Waals surface area contributed by atoms with Crippen LogP contribution in [-0.2, 0) is 6.54 Å². The van der Waals surface area contributed by atoms with Crippen molar-refractivity contribution in [2.24, 2.45) is 0 Å². The summed E-state index contributed by atoms with van der Waals surface area (Å²) in [6.45, 7) is 2.61. The van der Waals surface area contributed by atoms with Crippen LogP contribution in [0, 0.1) is 5.82 Å². The quantitative estimate of drug-likeness (QED) is 0.879. The average molecular weight is 289 g/mol. The first-order chi connectivity index (χ1) is 10.2. The van der Waals surface area contributed by atoms with Gasteiger partial charge in [0.2, 0.25) is 0 Å². The van der Waals surface area contributed by atoms with Crippen LogP contribution in [0.2, 0.25) is 0 Å². The van der Waals surface area contributed by atoms with E-state index in [9.17, 15) is 4.39 Å². The summed E-state index contributed by atoms with van der Waals surface area (Å²) in [6.07, 6.45) is 0. The summed E-state index contributed by atoms with van der Waals surface area (Å²) in [4.78, 5) is 0. The zero-order chi connectivity index (χ0) is 15.2. The molecule has 1 N–H and O–H groups in total. The van der Waals surface area contributed by atoms with E-state index in [4.69, 9.17) is 9.47 Å². The predicted molar refractivity (Wildman–Crippen MR) is 81.2 cm³/mol. The maximum atomic E-state index is 13.2. The highest BCUT2D eigenvalue weighted by Crippen LogP contribution is 2.30. The monoisotopic (exact) mass is 289 g/mol. The third-order valence-electron chi connectivity index (χ3n) is 3.43. The van der Waals surface area contributed by atoms with Gasteiger partial charge >= 0.3 is 0 Å². The van der Waals surface area contributed by atoms with Crippen molar-refractivity contribution in [3.05, 3.63) is 59.4 Å². The summed E-state index contributed by atoms with van der Waals surface area (Å²) in [5.41, 5.74) is 1.91. The largest absolute Gasteiger partial charge is 0.493 e. The van der Waals surface area contributed by atoms with E-state index in [0.717, 1.165) is 16.9 Å². The van der Waals surface area contributed by atoms with E-state index < -0.39 is 0 Å². The molecule has 0 spiro atoms. The van der Waals surface area contributed by atoms with Crippen LogP contribution in [0.15, 0.2) is 42.5 Å². The molecule has 0 fully saturated rings. The molecule has 0 bridgehead atoms. The highest BCUT2D eigenvalue weighted by atomic mass is 19.1. The molecule has 0 saturated heterocycles. The molecule has 2 aromatic rings. The first-order valence-corrected chi connectivity index (χ1v) is 6.84. The minimum absolute atomic E-state index is 0.0385. The lowest BCUT2D eigenvalue weighted by molar-refractivity contribution is 0.350. The van der Waals surface area contributed by atoms with E-state index in [1.165, 1.54) is 6.07 Å². The second-order valence-electron chi connectivity index (χ2n) is 4.81. The molecule has 1 atom stereocenters. The van der Waals surface area contributed by atoms with Crippen LogP contribution in [0.4, 0.5) is 4.39 Å². The minimum Gasteiger partial charge on any atom is -0.493 e. The van der Waals surface area contributed by atoms with Gasteiger partial charge in [0.15, 0.2) is 11.5 Å². The number of hydrogen-bond donors (Lipinski definition) is 1. The zero-order valence-corrected chi connectivity index (χ0v) is 12.5. The Hall–Kier alpha value is -2.07. The van der Waals surface area contributed by atoms with Crippen molar-refractivity contribution in [2.45, 2.75) is 19.5 Å². The van der Waals surface area contributed by atoms with E-state index in [1.54, 1.807) is 26.4 Å². The molecule has 3 nitrogen and oxygen atoms in total. The summed E-state index contributed by atoms with van der Waals surface area (Å²) in [7, 11) is 3.24. The smallest absolute Gasteiger partial charge is 0.165 e. The highest BCUT2D eigenvalue weighted by molar-refractivity contribution is 5.46. The van der Waals surface area contributed by atoms with Gasteiger partial charge in [0.1, 0.15) is 5.82 Å². The lowest BCUT2D eigenvalue weighted by atomic mass is 10.1. The Balaban J connectivity index is 2.09. The molecular formula is C17H20FNO2. The number of benzene rings is 2. The Kier molecular flexibility index (Phi) is 5.17. The maximum Gasteiger partial charge on any atom is 0.165 e. The van der Waals surface area contributed by atoms with Crippen molar-refractivity contribution in [3.8, 4) is 11.5 Å². The van der Waals surface area contributed by atoms with Crippen molar-refractivity contribution in [1.29, 1.82) is 0 Å². The summed E-state index contributed by atoms with van der Waals surface area (Å²) < 4.78 is 23.9. The van der Waals surface area contributed by atoms with Gasteiger partial charge < -0.3 is 14.8 Å². The number of ether oxygens (including phenoxy) is 2. The maximum absolute atomic E-state index is 13.2. The Morgan fingerprint density at radius 2 is 1.86 bits per heavy atom. The van der Waals surface area contributed by atoms with Gasteiger partial charge in [0, 0.05) is 18.2 Å². The number of methoxy groups -OCH3 is 2. The fourth-order valence-electron chi connectivity index (χ4n) is 2.25. The lowest BCUT2D eigenvalue weighted by Gasteiger charge is -2.17. The molecule has 0 aliphatic rings. The molecule has 2 aromatic carbocycles. The molecule has 112 valence electrons. The van der Waals surface area contributed by atoms with E-state index in [-0.39, 0.29) is 11.9 Å². The molecule has 21 heavy (non-hydrogen) atoms. The fourth-order valence-corrected chi connectivity index (χ4v) is 2.25. The van der Waals surface area contributed by atoms with Crippen molar-refractivity contribution in [3.63, 3.8) is 0 Å². The summed E-state index contributed by atoms with van der Waals surface area (Å²) in [6, 6.07) is 12.4. The average Bonchev–Trinajstić information content (AvgIpc) is 2.51. The van der Waals surface area contributed by atoms with E-state index >= 15 is 0 Å². The highest BCUT2D eigenvalue weighted by Gasteiger charge is 2.11. The summed E-state index contributed by atoms with van der Waals surface area (Å²) in [5, 5.41) is 3.37. The minimum atomic E-state index is -0.222. The van der Waals surface area contributed by atoms with Crippen LogP contribution in [0.1, 0.15) is 24.1 Å². The van der Waals surface area contributed by atoms with Gasteiger partial charge in [-0.3, -0.25) is 0 Å². The molecule has 0 amide bonds. The number of rotatable bonds is 6. The van der Waals surface area contributed by atoms with E-state index in [0.29, 0.717) is 12.3 Å². The molecule has 0 unspecified atom stereocenters. The SMILES string of the molecule is COc1cccc(CN[C@@H](C)c2cccc(F)c2)c1OC. The first kappa shape index (κ1) is 15.3. The second-order valence-corrected chi connectivity index (χ2v) is 4.81. The molecule has 0 aromatic heterocycles. The van der Waals surface area contributed by atoms with Gasteiger partial charge in [-0.1, -0.05) is 24.3 Å². The Bertz CT molecular complexity index is 601. The first-order valence-electron chi connectivity index (χ1n) is 6.84. The molecular weight excluding hydrogens is 269 g/mol.